The average Bonchev–Trinajstić information content (AvgIpc) is 3.04. The number of pyridine rings is 1. The van der Waals surface area contributed by atoms with Crippen LogP contribution in [-0.4, -0.2) is 28.9 Å². The lowest BCUT2D eigenvalue weighted by atomic mass is 9.97. The van der Waals surface area contributed by atoms with Crippen molar-refractivity contribution in [3.63, 3.8) is 0 Å². The molecule has 1 aliphatic heterocycles. The zero-order chi connectivity index (χ0) is 22.1. The molecule has 6 nitrogen and oxygen atoms in total. The number of carbonyl (C=O) groups excluding carboxylic acids is 2. The lowest BCUT2D eigenvalue weighted by Crippen LogP contribution is -2.30. The van der Waals surface area contributed by atoms with Gasteiger partial charge in [0.2, 0.25) is 0 Å². The molecule has 1 amide bonds. The van der Waals surface area contributed by atoms with Gasteiger partial charge in [0.1, 0.15) is 17.6 Å². The van der Waals surface area contributed by atoms with Crippen molar-refractivity contribution in [3.8, 4) is 5.75 Å². The van der Waals surface area contributed by atoms with E-state index in [2.05, 4.69) is 4.98 Å². The summed E-state index contributed by atoms with van der Waals surface area (Å²) in [5, 5.41) is 11.2. The molecule has 156 valence electrons. The third-order valence-electron chi connectivity index (χ3n) is 5.26. The van der Waals surface area contributed by atoms with E-state index in [4.69, 9.17) is 4.74 Å². The van der Waals surface area contributed by atoms with Crippen molar-refractivity contribution in [3.05, 3.63) is 94.8 Å². The molecule has 2 heterocycles. The van der Waals surface area contributed by atoms with Gasteiger partial charge in [-0.25, -0.2) is 0 Å². The molecule has 1 N–H and O–H groups in total. The second kappa shape index (κ2) is 8.07. The minimum Gasteiger partial charge on any atom is -0.507 e. The van der Waals surface area contributed by atoms with E-state index in [-0.39, 0.29) is 11.3 Å². The summed E-state index contributed by atoms with van der Waals surface area (Å²) in [6.45, 7) is 3.86. The first kappa shape index (κ1) is 20.3. The molecule has 2 aromatic carbocycles. The number of aliphatic hydroxyl groups is 1. The van der Waals surface area contributed by atoms with Crippen LogP contribution in [0.1, 0.15) is 28.4 Å². The number of methoxy groups -OCH3 is 1. The highest BCUT2D eigenvalue weighted by molar-refractivity contribution is 6.51. The maximum absolute atomic E-state index is 13.2. The summed E-state index contributed by atoms with van der Waals surface area (Å²) >= 11 is 0. The summed E-state index contributed by atoms with van der Waals surface area (Å²) in [6.07, 6.45) is 1.60. The van der Waals surface area contributed by atoms with Gasteiger partial charge in [-0.05, 0) is 61.4 Å². The van der Waals surface area contributed by atoms with Crippen LogP contribution in [-0.2, 0) is 9.59 Å². The van der Waals surface area contributed by atoms with E-state index in [0.29, 0.717) is 22.7 Å². The zero-order valence-electron chi connectivity index (χ0n) is 17.5. The number of para-hydroxylation sites is 1. The van der Waals surface area contributed by atoms with Crippen molar-refractivity contribution in [2.45, 2.75) is 19.9 Å². The van der Waals surface area contributed by atoms with Crippen molar-refractivity contribution in [2.24, 2.45) is 0 Å². The Morgan fingerprint density at radius 1 is 1.00 bits per heavy atom. The Morgan fingerprint density at radius 3 is 2.32 bits per heavy atom. The number of aromatic nitrogens is 1. The average molecular weight is 414 g/mol. The maximum Gasteiger partial charge on any atom is 0.300 e. The molecule has 1 aromatic heterocycles. The number of rotatable bonds is 4. The minimum atomic E-state index is -0.868. The molecule has 0 saturated carbocycles. The first-order valence-corrected chi connectivity index (χ1v) is 9.86. The molecule has 4 rings (SSSR count). The van der Waals surface area contributed by atoms with Gasteiger partial charge in [0.05, 0.1) is 23.9 Å². The Balaban J connectivity index is 1.98. The van der Waals surface area contributed by atoms with Gasteiger partial charge in [-0.1, -0.05) is 24.3 Å². The van der Waals surface area contributed by atoms with Gasteiger partial charge in [0.25, 0.3) is 11.7 Å². The number of carbonyl (C=O) groups is 2. The molecular formula is C25H22N2O4. The number of benzene rings is 2. The number of hydrogen-bond acceptors (Lipinski definition) is 5. The first-order valence-electron chi connectivity index (χ1n) is 9.86. The Morgan fingerprint density at radius 2 is 1.68 bits per heavy atom. The van der Waals surface area contributed by atoms with Gasteiger partial charge in [0.15, 0.2) is 0 Å². The number of amides is 1. The smallest absolute Gasteiger partial charge is 0.300 e. The van der Waals surface area contributed by atoms with E-state index in [1.165, 1.54) is 12.0 Å². The number of nitrogens with zero attached hydrogens (tertiary/aromatic N) is 2. The number of ketones is 1. The summed E-state index contributed by atoms with van der Waals surface area (Å²) in [5.74, 6) is -1.37. The van der Waals surface area contributed by atoms with Crippen molar-refractivity contribution >= 4 is 23.1 Å². The highest BCUT2D eigenvalue weighted by Crippen LogP contribution is 2.42. The van der Waals surface area contributed by atoms with Crippen LogP contribution >= 0.6 is 0 Å². The van der Waals surface area contributed by atoms with Gasteiger partial charge >= 0.3 is 0 Å². The van der Waals surface area contributed by atoms with E-state index in [1.807, 2.05) is 32.0 Å². The standard InChI is InChI=1S/C25H22N2O4/c1-15-12-16(2)14-17(13-15)27-22(19-9-6-7-11-26-19)21(24(29)25(27)30)23(28)18-8-4-5-10-20(18)31-3/h4-14,22,28H,1-3H3/b23-21+. The van der Waals surface area contributed by atoms with E-state index in [0.717, 1.165) is 11.1 Å². The molecule has 0 spiro atoms. The molecule has 0 bridgehead atoms. The Labute approximate surface area is 180 Å². The van der Waals surface area contributed by atoms with Crippen LogP contribution in [0.5, 0.6) is 5.75 Å². The van der Waals surface area contributed by atoms with Crippen LogP contribution in [0.4, 0.5) is 5.69 Å². The molecule has 1 aliphatic rings. The Hall–Kier alpha value is -3.93. The van der Waals surface area contributed by atoms with E-state index in [9.17, 15) is 14.7 Å². The topological polar surface area (TPSA) is 79.7 Å². The number of aliphatic hydroxyl groups excluding tert-OH is 1. The highest BCUT2D eigenvalue weighted by atomic mass is 16.5. The molecule has 1 saturated heterocycles. The fourth-order valence-electron chi connectivity index (χ4n) is 3.99. The summed E-state index contributed by atoms with van der Waals surface area (Å²) in [5.41, 5.74) is 3.30. The van der Waals surface area contributed by atoms with Gasteiger partial charge in [-0.3, -0.25) is 19.5 Å². The summed E-state index contributed by atoms with van der Waals surface area (Å²) in [7, 11) is 1.48. The second-order valence-electron chi connectivity index (χ2n) is 7.47. The number of anilines is 1. The third-order valence-corrected chi connectivity index (χ3v) is 5.26. The number of ether oxygens (including phenoxy) is 1. The largest absolute Gasteiger partial charge is 0.507 e. The van der Waals surface area contributed by atoms with E-state index < -0.39 is 17.7 Å². The van der Waals surface area contributed by atoms with E-state index >= 15 is 0 Å². The number of Topliss-reactive ketones (excluding diaryl/α,β-unsaturated/α-hetero) is 1. The second-order valence-corrected chi connectivity index (χ2v) is 7.47. The first-order chi connectivity index (χ1) is 14.9. The molecule has 1 fully saturated rings. The van der Waals surface area contributed by atoms with Gasteiger partial charge in [0, 0.05) is 11.9 Å². The molecule has 6 heteroatoms. The predicted octanol–water partition coefficient (Wildman–Crippen LogP) is 4.33. The van der Waals surface area contributed by atoms with Crippen LogP contribution in [0.3, 0.4) is 0 Å². The molecular weight excluding hydrogens is 392 g/mol. The van der Waals surface area contributed by atoms with Crippen LogP contribution in [0.25, 0.3) is 5.76 Å². The highest BCUT2D eigenvalue weighted by Gasteiger charge is 2.47. The van der Waals surface area contributed by atoms with Gasteiger partial charge < -0.3 is 9.84 Å². The van der Waals surface area contributed by atoms with Crippen LogP contribution in [0.15, 0.2) is 72.4 Å². The number of hydrogen-bond donors (Lipinski definition) is 1. The quantitative estimate of drug-likeness (QED) is 0.390. The normalized spacial score (nSPS) is 17.8. The maximum atomic E-state index is 13.2. The minimum absolute atomic E-state index is 0.0210. The van der Waals surface area contributed by atoms with Crippen molar-refractivity contribution in [1.29, 1.82) is 0 Å². The fraction of sp³-hybridized carbons (Fsp3) is 0.160. The summed E-state index contributed by atoms with van der Waals surface area (Å²) < 4.78 is 5.35. The molecule has 1 unspecified atom stereocenters. The van der Waals surface area contributed by atoms with E-state index in [1.54, 1.807) is 48.7 Å². The van der Waals surface area contributed by atoms with Crippen LogP contribution in [0.2, 0.25) is 0 Å². The van der Waals surface area contributed by atoms with Crippen molar-refractivity contribution in [1.82, 2.24) is 4.98 Å². The lowest BCUT2D eigenvalue weighted by molar-refractivity contribution is -0.132. The Bertz CT molecular complexity index is 1180. The molecule has 3 aromatic rings. The monoisotopic (exact) mass is 414 g/mol. The van der Waals surface area contributed by atoms with Gasteiger partial charge in [-0.15, -0.1) is 0 Å². The van der Waals surface area contributed by atoms with Crippen LogP contribution in [0, 0.1) is 13.8 Å². The molecule has 0 aliphatic carbocycles. The van der Waals surface area contributed by atoms with Crippen molar-refractivity contribution < 1.29 is 19.4 Å². The molecule has 1 atom stereocenters. The number of aryl methyl sites for hydroxylation is 2. The lowest BCUT2D eigenvalue weighted by Gasteiger charge is -2.25. The Kier molecular flexibility index (Phi) is 5.29. The predicted molar refractivity (Wildman–Crippen MR) is 118 cm³/mol. The molecule has 31 heavy (non-hydrogen) atoms. The summed E-state index contributed by atoms with van der Waals surface area (Å²) in [6, 6.07) is 16.9. The van der Waals surface area contributed by atoms with Crippen LogP contribution < -0.4 is 9.64 Å². The molecule has 0 radical (unpaired) electrons. The SMILES string of the molecule is COc1ccccc1/C(O)=C1\C(=O)C(=O)N(c2cc(C)cc(C)c2)C1c1ccccn1. The van der Waals surface area contributed by atoms with Crippen molar-refractivity contribution in [2.75, 3.05) is 12.0 Å². The summed E-state index contributed by atoms with van der Waals surface area (Å²) in [4.78, 5) is 32.2. The fourth-order valence-corrected chi connectivity index (χ4v) is 3.99. The van der Waals surface area contributed by atoms with Gasteiger partial charge in [-0.2, -0.15) is 0 Å². The third kappa shape index (κ3) is 3.57. The zero-order valence-corrected chi connectivity index (χ0v) is 17.5.